The lowest BCUT2D eigenvalue weighted by atomic mass is 10.1. The number of hydrogen-bond donors (Lipinski definition) is 1. The van der Waals surface area contributed by atoms with E-state index in [0.717, 1.165) is 31.8 Å². The van der Waals surface area contributed by atoms with Crippen LogP contribution in [0.2, 0.25) is 0 Å². The van der Waals surface area contributed by atoms with Crippen LogP contribution in [0.1, 0.15) is 37.7 Å². The van der Waals surface area contributed by atoms with Crippen molar-refractivity contribution in [2.45, 2.75) is 39.3 Å². The molecule has 0 aromatic carbocycles. The first-order valence-corrected chi connectivity index (χ1v) is 8.54. The van der Waals surface area contributed by atoms with Crippen LogP contribution >= 0.6 is 33.9 Å². The zero-order valence-corrected chi connectivity index (χ0v) is 14.2. The highest BCUT2D eigenvalue weighted by Gasteiger charge is 2.16. The van der Waals surface area contributed by atoms with Crippen molar-refractivity contribution in [2.75, 3.05) is 6.54 Å². The Bertz CT molecular complexity index is 508. The van der Waals surface area contributed by atoms with Gasteiger partial charge in [-0.25, -0.2) is 4.98 Å². The van der Waals surface area contributed by atoms with E-state index < -0.39 is 0 Å². The van der Waals surface area contributed by atoms with Gasteiger partial charge in [0.2, 0.25) is 0 Å². The van der Waals surface area contributed by atoms with Crippen LogP contribution in [0.25, 0.3) is 0 Å². The fourth-order valence-corrected chi connectivity index (χ4v) is 3.51. The van der Waals surface area contributed by atoms with Gasteiger partial charge in [-0.3, -0.25) is 4.68 Å². The van der Waals surface area contributed by atoms with Gasteiger partial charge in [0.1, 0.15) is 12.2 Å². The Balaban J connectivity index is 2.14. The van der Waals surface area contributed by atoms with Gasteiger partial charge in [0, 0.05) is 19.0 Å². The Labute approximate surface area is 131 Å². The molecule has 6 heteroatoms. The molecule has 0 aliphatic carbocycles. The van der Waals surface area contributed by atoms with Crippen LogP contribution in [0.4, 0.5) is 0 Å². The molecular weight excluding hydrogens is 371 g/mol. The molecule has 2 aromatic rings. The minimum atomic E-state index is 0.324. The van der Waals surface area contributed by atoms with Gasteiger partial charge < -0.3 is 5.32 Å². The zero-order chi connectivity index (χ0) is 13.7. The minimum absolute atomic E-state index is 0.324. The zero-order valence-electron chi connectivity index (χ0n) is 11.3. The van der Waals surface area contributed by atoms with Gasteiger partial charge >= 0.3 is 0 Å². The van der Waals surface area contributed by atoms with Crippen LogP contribution in [0.3, 0.4) is 0 Å². The third-order valence-electron chi connectivity index (χ3n) is 2.96. The summed E-state index contributed by atoms with van der Waals surface area (Å²) in [6, 6.07) is 2.57. The van der Waals surface area contributed by atoms with E-state index in [-0.39, 0.29) is 0 Å². The van der Waals surface area contributed by atoms with Gasteiger partial charge in [0.25, 0.3) is 0 Å². The number of hydrogen-bond acceptors (Lipinski definition) is 4. The standard InChI is InChI=1S/C13H19IN4S/c1-3-5-18-13(16-9-17-18)7-11(15-4-2)10-6-12(14)19-8-10/h6,8-9,11,15H,3-5,7H2,1-2H3. The van der Waals surface area contributed by atoms with Crippen LogP contribution in [-0.2, 0) is 13.0 Å². The number of halogens is 1. The molecule has 19 heavy (non-hydrogen) atoms. The van der Waals surface area contributed by atoms with E-state index in [1.807, 2.05) is 4.68 Å². The molecular formula is C13H19IN4S. The second-order valence-electron chi connectivity index (χ2n) is 4.40. The summed E-state index contributed by atoms with van der Waals surface area (Å²) >= 11 is 4.16. The van der Waals surface area contributed by atoms with Crippen LogP contribution < -0.4 is 5.32 Å². The molecule has 0 saturated carbocycles. The molecule has 4 nitrogen and oxygen atoms in total. The van der Waals surface area contributed by atoms with Crippen molar-refractivity contribution in [3.05, 3.63) is 32.0 Å². The third kappa shape index (κ3) is 4.00. The molecule has 0 bridgehead atoms. The molecule has 2 heterocycles. The predicted molar refractivity (Wildman–Crippen MR) is 87.5 cm³/mol. The smallest absolute Gasteiger partial charge is 0.138 e. The highest BCUT2D eigenvalue weighted by Crippen LogP contribution is 2.24. The Morgan fingerprint density at radius 3 is 2.95 bits per heavy atom. The topological polar surface area (TPSA) is 42.7 Å². The summed E-state index contributed by atoms with van der Waals surface area (Å²) in [7, 11) is 0. The number of aromatic nitrogens is 3. The van der Waals surface area contributed by atoms with Gasteiger partial charge in [-0.2, -0.15) is 5.10 Å². The van der Waals surface area contributed by atoms with Crippen molar-refractivity contribution in [3.63, 3.8) is 0 Å². The molecule has 0 saturated heterocycles. The highest BCUT2D eigenvalue weighted by molar-refractivity contribution is 14.1. The number of nitrogens with one attached hydrogen (secondary N) is 1. The van der Waals surface area contributed by atoms with Crippen LogP contribution in [-0.4, -0.2) is 21.3 Å². The van der Waals surface area contributed by atoms with Gasteiger partial charge in [-0.1, -0.05) is 13.8 Å². The van der Waals surface area contributed by atoms with Gasteiger partial charge in [-0.15, -0.1) is 11.3 Å². The van der Waals surface area contributed by atoms with Crippen molar-refractivity contribution in [2.24, 2.45) is 0 Å². The van der Waals surface area contributed by atoms with Crippen LogP contribution in [0, 0.1) is 2.88 Å². The molecule has 0 aliphatic rings. The first kappa shape index (κ1) is 14.9. The third-order valence-corrected chi connectivity index (χ3v) is 4.77. The minimum Gasteiger partial charge on any atom is -0.310 e. The number of rotatable bonds is 7. The molecule has 2 rings (SSSR count). The van der Waals surface area contributed by atoms with Crippen molar-refractivity contribution < 1.29 is 0 Å². The summed E-state index contributed by atoms with van der Waals surface area (Å²) in [5.41, 5.74) is 1.35. The number of thiophene rings is 1. The average Bonchev–Trinajstić information content (AvgIpc) is 2.99. The summed E-state index contributed by atoms with van der Waals surface area (Å²) in [6.45, 7) is 6.20. The molecule has 0 fully saturated rings. The Kier molecular flexibility index (Phi) is 5.77. The number of aryl methyl sites for hydroxylation is 1. The molecule has 0 aliphatic heterocycles. The lowest BCUT2D eigenvalue weighted by Gasteiger charge is -2.16. The lowest BCUT2D eigenvalue weighted by Crippen LogP contribution is -2.24. The SMILES string of the molecule is CCCn1ncnc1CC(NCC)c1csc(I)c1. The predicted octanol–water partition coefficient (Wildman–Crippen LogP) is 3.25. The fourth-order valence-electron chi connectivity index (χ4n) is 2.09. The van der Waals surface area contributed by atoms with E-state index in [4.69, 9.17) is 0 Å². The summed E-state index contributed by atoms with van der Waals surface area (Å²) in [6.07, 6.45) is 3.63. The van der Waals surface area contributed by atoms with Crippen LogP contribution in [0.15, 0.2) is 17.8 Å². The second-order valence-corrected chi connectivity index (χ2v) is 7.20. The number of likely N-dealkylation sites (N-methyl/N-ethyl adjacent to an activating group) is 1. The maximum absolute atomic E-state index is 4.40. The number of nitrogens with zero attached hydrogens (tertiary/aromatic N) is 3. The van der Waals surface area contributed by atoms with E-state index >= 15 is 0 Å². The van der Waals surface area contributed by atoms with Gasteiger partial charge in [0.15, 0.2) is 0 Å². The van der Waals surface area contributed by atoms with Gasteiger partial charge in [-0.05, 0) is 52.6 Å². The van der Waals surface area contributed by atoms with E-state index in [1.165, 1.54) is 8.45 Å². The normalized spacial score (nSPS) is 12.8. The van der Waals surface area contributed by atoms with Crippen molar-refractivity contribution in [1.29, 1.82) is 0 Å². The highest BCUT2D eigenvalue weighted by atomic mass is 127. The molecule has 2 aromatic heterocycles. The summed E-state index contributed by atoms with van der Waals surface area (Å²) in [5.74, 6) is 1.06. The molecule has 1 unspecified atom stereocenters. The monoisotopic (exact) mass is 390 g/mol. The Morgan fingerprint density at radius 2 is 2.32 bits per heavy atom. The van der Waals surface area contributed by atoms with E-state index in [2.05, 4.69) is 63.3 Å². The second kappa shape index (κ2) is 7.35. The van der Waals surface area contributed by atoms with Crippen molar-refractivity contribution >= 4 is 33.9 Å². The van der Waals surface area contributed by atoms with Gasteiger partial charge in [0.05, 0.1) is 2.88 Å². The van der Waals surface area contributed by atoms with Crippen molar-refractivity contribution in [3.8, 4) is 0 Å². The van der Waals surface area contributed by atoms with Crippen molar-refractivity contribution in [1.82, 2.24) is 20.1 Å². The molecule has 104 valence electrons. The van der Waals surface area contributed by atoms with E-state index in [9.17, 15) is 0 Å². The molecule has 0 spiro atoms. The summed E-state index contributed by atoms with van der Waals surface area (Å²) < 4.78 is 3.34. The fraction of sp³-hybridized carbons (Fsp3) is 0.538. The quantitative estimate of drug-likeness (QED) is 0.739. The molecule has 0 radical (unpaired) electrons. The summed E-state index contributed by atoms with van der Waals surface area (Å²) in [5, 5.41) is 10.1. The lowest BCUT2D eigenvalue weighted by molar-refractivity contribution is 0.499. The molecule has 1 N–H and O–H groups in total. The first-order valence-electron chi connectivity index (χ1n) is 6.58. The molecule has 1 atom stereocenters. The molecule has 0 amide bonds. The average molecular weight is 390 g/mol. The van der Waals surface area contributed by atoms with E-state index in [1.54, 1.807) is 17.7 Å². The summed E-state index contributed by atoms with van der Waals surface area (Å²) in [4.78, 5) is 4.40. The maximum Gasteiger partial charge on any atom is 0.138 e. The van der Waals surface area contributed by atoms with E-state index in [0.29, 0.717) is 6.04 Å². The Hall–Kier alpha value is -0.470. The largest absolute Gasteiger partial charge is 0.310 e. The maximum atomic E-state index is 4.40. The van der Waals surface area contributed by atoms with Crippen LogP contribution in [0.5, 0.6) is 0 Å². The Morgan fingerprint density at radius 1 is 1.47 bits per heavy atom. The first-order chi connectivity index (χ1) is 9.24.